The molecule has 0 aliphatic heterocycles. The highest BCUT2D eigenvalue weighted by molar-refractivity contribution is 9.09. The van der Waals surface area contributed by atoms with E-state index < -0.39 is 16.3 Å². The van der Waals surface area contributed by atoms with E-state index in [1.165, 1.54) is 0 Å². The molecule has 0 atom stereocenters. The largest absolute Gasteiger partial charge is 0.446 e. The van der Waals surface area contributed by atoms with Crippen molar-refractivity contribution in [1.29, 1.82) is 0 Å². The number of amides is 1. The fraction of sp³-hybridized carbons (Fsp3) is 0.909. The Hall–Kier alpha value is -0.340. The van der Waals surface area contributed by atoms with Crippen molar-refractivity contribution >= 4 is 32.2 Å². The lowest BCUT2D eigenvalue weighted by atomic mass is 9.85. The van der Waals surface area contributed by atoms with Crippen LogP contribution in [0, 0.1) is 5.41 Å². The Balaban J connectivity index is 4.50. The van der Waals surface area contributed by atoms with Gasteiger partial charge < -0.3 is 4.74 Å². The molecule has 8 heteroatoms. The molecule has 0 rings (SSSR count). The van der Waals surface area contributed by atoms with Crippen LogP contribution in [0.3, 0.4) is 0 Å². The molecule has 0 aliphatic carbocycles. The molecule has 114 valence electrons. The number of halogens is 1. The van der Waals surface area contributed by atoms with Crippen molar-refractivity contribution in [2.24, 2.45) is 5.41 Å². The van der Waals surface area contributed by atoms with Gasteiger partial charge in [0.15, 0.2) is 0 Å². The van der Waals surface area contributed by atoms with Gasteiger partial charge in [-0.2, -0.15) is 13.1 Å². The summed E-state index contributed by atoms with van der Waals surface area (Å²) in [5, 5.41) is 0.686. The number of hydrogen-bond donors (Lipinski definition) is 2. The van der Waals surface area contributed by atoms with Crippen LogP contribution in [0.15, 0.2) is 0 Å². The zero-order valence-electron chi connectivity index (χ0n) is 11.8. The highest BCUT2D eigenvalue weighted by atomic mass is 79.9. The fourth-order valence-electron chi connectivity index (χ4n) is 1.37. The second-order valence-corrected chi connectivity index (χ2v) is 6.78. The zero-order chi connectivity index (χ0) is 15.1. The van der Waals surface area contributed by atoms with Crippen LogP contribution in [0.2, 0.25) is 0 Å². The predicted octanol–water partition coefficient (Wildman–Crippen LogP) is 2.16. The molecule has 0 radical (unpaired) electrons. The Labute approximate surface area is 124 Å². The number of ether oxygens (including phenoxy) is 1. The van der Waals surface area contributed by atoms with Crippen molar-refractivity contribution in [2.75, 3.05) is 11.9 Å². The number of nitrogens with one attached hydrogen (secondary N) is 2. The Bertz CT molecular complexity index is 372. The maximum atomic E-state index is 11.7. The molecule has 0 saturated carbocycles. The first-order valence-electron chi connectivity index (χ1n) is 6.24. The Morgan fingerprint density at radius 1 is 1.32 bits per heavy atom. The molecule has 0 aromatic carbocycles. The van der Waals surface area contributed by atoms with Crippen molar-refractivity contribution in [1.82, 2.24) is 9.44 Å². The molecule has 0 unspecified atom stereocenters. The quantitative estimate of drug-likeness (QED) is 0.651. The molecule has 6 nitrogen and oxygen atoms in total. The van der Waals surface area contributed by atoms with E-state index in [1.54, 1.807) is 13.8 Å². The summed E-state index contributed by atoms with van der Waals surface area (Å²) >= 11 is 3.40. The Kier molecular flexibility index (Phi) is 7.92. The van der Waals surface area contributed by atoms with E-state index in [0.29, 0.717) is 5.33 Å². The van der Waals surface area contributed by atoms with Crippen molar-refractivity contribution in [2.45, 2.75) is 46.6 Å². The maximum Gasteiger partial charge on any atom is 0.422 e. The molecular formula is C11H23BrN2O4S. The molecule has 19 heavy (non-hydrogen) atoms. The van der Waals surface area contributed by atoms with Crippen molar-refractivity contribution in [3.8, 4) is 0 Å². The van der Waals surface area contributed by atoms with Gasteiger partial charge in [0, 0.05) is 11.9 Å². The Morgan fingerprint density at radius 3 is 2.21 bits per heavy atom. The van der Waals surface area contributed by atoms with Gasteiger partial charge in [-0.25, -0.2) is 9.52 Å². The topological polar surface area (TPSA) is 84.5 Å². The van der Waals surface area contributed by atoms with E-state index in [-0.39, 0.29) is 18.1 Å². The van der Waals surface area contributed by atoms with Gasteiger partial charge in [0.25, 0.3) is 0 Å². The minimum absolute atomic E-state index is 0.156. The highest BCUT2D eigenvalue weighted by Crippen LogP contribution is 2.27. The van der Waals surface area contributed by atoms with E-state index >= 15 is 0 Å². The standard InChI is InChI=1S/C11H23BrN2O4S/c1-5-11(6-2,7-12)8-13-19(16,17)14-10(15)18-9(3)4/h9,13H,5-8H2,1-4H3,(H,14,15). The smallest absolute Gasteiger partial charge is 0.422 e. The van der Waals surface area contributed by atoms with Crippen LogP contribution < -0.4 is 9.44 Å². The predicted molar refractivity (Wildman–Crippen MR) is 78.5 cm³/mol. The van der Waals surface area contributed by atoms with Crippen LogP contribution in [-0.4, -0.2) is 32.5 Å². The average molecular weight is 359 g/mol. The van der Waals surface area contributed by atoms with Gasteiger partial charge in [-0.3, -0.25) is 0 Å². The molecule has 0 aromatic rings. The van der Waals surface area contributed by atoms with Gasteiger partial charge >= 0.3 is 16.3 Å². The van der Waals surface area contributed by atoms with Gasteiger partial charge in [-0.15, -0.1) is 0 Å². The van der Waals surface area contributed by atoms with E-state index in [9.17, 15) is 13.2 Å². The summed E-state index contributed by atoms with van der Waals surface area (Å²) in [6.07, 6.45) is 0.310. The molecular weight excluding hydrogens is 336 g/mol. The lowest BCUT2D eigenvalue weighted by Crippen LogP contribution is -2.46. The van der Waals surface area contributed by atoms with Crippen LogP contribution in [-0.2, 0) is 14.9 Å². The first kappa shape index (κ1) is 18.7. The van der Waals surface area contributed by atoms with Crippen molar-refractivity contribution in [3.63, 3.8) is 0 Å². The van der Waals surface area contributed by atoms with Crippen LogP contribution in [0.25, 0.3) is 0 Å². The van der Waals surface area contributed by atoms with Crippen LogP contribution in [0.5, 0.6) is 0 Å². The van der Waals surface area contributed by atoms with Crippen LogP contribution in [0.1, 0.15) is 40.5 Å². The van der Waals surface area contributed by atoms with E-state index in [2.05, 4.69) is 20.7 Å². The maximum absolute atomic E-state index is 11.7. The molecule has 1 amide bonds. The third kappa shape index (κ3) is 7.12. The molecule has 0 saturated heterocycles. The van der Waals surface area contributed by atoms with Gasteiger partial charge in [0.1, 0.15) is 0 Å². The van der Waals surface area contributed by atoms with Crippen molar-refractivity contribution < 1.29 is 17.9 Å². The lowest BCUT2D eigenvalue weighted by Gasteiger charge is -2.29. The lowest BCUT2D eigenvalue weighted by molar-refractivity contribution is 0.121. The SMILES string of the molecule is CCC(CC)(CBr)CNS(=O)(=O)NC(=O)OC(C)C. The van der Waals surface area contributed by atoms with E-state index in [4.69, 9.17) is 4.74 Å². The van der Waals surface area contributed by atoms with Gasteiger partial charge in [-0.1, -0.05) is 29.8 Å². The van der Waals surface area contributed by atoms with Crippen molar-refractivity contribution in [3.05, 3.63) is 0 Å². The minimum atomic E-state index is -3.89. The number of carbonyl (C=O) groups excluding carboxylic acids is 1. The molecule has 0 aliphatic rings. The van der Waals surface area contributed by atoms with Crippen LogP contribution >= 0.6 is 15.9 Å². The zero-order valence-corrected chi connectivity index (χ0v) is 14.2. The summed E-state index contributed by atoms with van der Waals surface area (Å²) in [6, 6.07) is 0. The molecule has 0 bridgehead atoms. The molecule has 0 spiro atoms. The molecule has 2 N–H and O–H groups in total. The normalized spacial score (nSPS) is 12.5. The summed E-state index contributed by atoms with van der Waals surface area (Å²) in [7, 11) is -3.89. The summed E-state index contributed by atoms with van der Waals surface area (Å²) in [5.74, 6) is 0. The van der Waals surface area contributed by atoms with Gasteiger partial charge in [0.2, 0.25) is 0 Å². The number of hydrogen-bond acceptors (Lipinski definition) is 4. The second kappa shape index (κ2) is 8.06. The number of alkyl halides is 1. The third-order valence-corrected chi connectivity index (χ3v) is 5.13. The second-order valence-electron chi connectivity index (χ2n) is 4.72. The highest BCUT2D eigenvalue weighted by Gasteiger charge is 2.27. The first-order valence-corrected chi connectivity index (χ1v) is 8.84. The van der Waals surface area contributed by atoms with Crippen LogP contribution in [0.4, 0.5) is 4.79 Å². The average Bonchev–Trinajstić information content (AvgIpc) is 2.29. The van der Waals surface area contributed by atoms with Gasteiger partial charge in [0.05, 0.1) is 6.10 Å². The fourth-order valence-corrected chi connectivity index (χ4v) is 3.20. The van der Waals surface area contributed by atoms with E-state index in [0.717, 1.165) is 12.8 Å². The number of carbonyl (C=O) groups is 1. The summed E-state index contributed by atoms with van der Waals surface area (Å²) in [5.41, 5.74) is -0.156. The molecule has 0 fully saturated rings. The number of rotatable bonds is 8. The summed E-state index contributed by atoms with van der Waals surface area (Å²) in [4.78, 5) is 11.2. The third-order valence-electron chi connectivity index (χ3n) is 2.98. The summed E-state index contributed by atoms with van der Waals surface area (Å²) in [6.45, 7) is 7.54. The first-order chi connectivity index (χ1) is 8.70. The summed E-state index contributed by atoms with van der Waals surface area (Å²) < 4.78 is 32.3. The molecule has 0 aromatic heterocycles. The minimum Gasteiger partial charge on any atom is -0.446 e. The molecule has 0 heterocycles. The van der Waals surface area contributed by atoms with Gasteiger partial charge in [-0.05, 0) is 32.1 Å². The van der Waals surface area contributed by atoms with E-state index in [1.807, 2.05) is 18.6 Å². The monoisotopic (exact) mass is 358 g/mol. The Morgan fingerprint density at radius 2 is 1.84 bits per heavy atom.